The highest BCUT2D eigenvalue weighted by molar-refractivity contribution is 5.34. The Morgan fingerprint density at radius 3 is 2.29 bits per heavy atom. The van der Waals surface area contributed by atoms with E-state index in [1.54, 1.807) is 0 Å². The second-order valence-corrected chi connectivity index (χ2v) is 4.72. The van der Waals surface area contributed by atoms with E-state index < -0.39 is 0 Å². The smallest absolute Gasteiger partial charge is 0.0132 e. The van der Waals surface area contributed by atoms with Crippen LogP contribution >= 0.6 is 0 Å². The summed E-state index contributed by atoms with van der Waals surface area (Å²) in [6.07, 6.45) is 10.4. The van der Waals surface area contributed by atoms with Gasteiger partial charge in [-0.2, -0.15) is 0 Å². The molecule has 0 nitrogen and oxygen atoms in total. The normalized spacial score (nSPS) is 34.7. The summed E-state index contributed by atoms with van der Waals surface area (Å²) in [5.74, 6) is 0.889. The van der Waals surface area contributed by atoms with Crippen molar-refractivity contribution < 1.29 is 0 Å². The molecule has 0 aliphatic heterocycles. The fraction of sp³-hybridized carbons (Fsp3) is 0.429. The molecule has 0 unspecified atom stereocenters. The first kappa shape index (κ1) is 8.28. The minimum Gasteiger partial charge on any atom is -0.0845 e. The molecule has 0 aromatic heterocycles. The molecule has 4 rings (SSSR count). The van der Waals surface area contributed by atoms with Crippen LogP contribution in [-0.2, 0) is 5.41 Å². The quantitative estimate of drug-likeness (QED) is 0.584. The van der Waals surface area contributed by atoms with Crippen LogP contribution in [0.25, 0.3) is 0 Å². The van der Waals surface area contributed by atoms with Gasteiger partial charge in [0.15, 0.2) is 0 Å². The summed E-state index contributed by atoms with van der Waals surface area (Å²) in [5, 5.41) is 0. The Bertz CT molecular complexity index is 340. The lowest BCUT2D eigenvalue weighted by Gasteiger charge is -2.42. The molecule has 1 aromatic rings. The van der Waals surface area contributed by atoms with Crippen LogP contribution in [0.5, 0.6) is 0 Å². The van der Waals surface area contributed by atoms with Gasteiger partial charge in [0, 0.05) is 5.41 Å². The molecule has 0 atom stereocenters. The van der Waals surface area contributed by atoms with E-state index in [9.17, 15) is 0 Å². The zero-order valence-electron chi connectivity index (χ0n) is 8.45. The Labute approximate surface area is 85.6 Å². The first-order valence-corrected chi connectivity index (χ1v) is 5.64. The summed E-state index contributed by atoms with van der Waals surface area (Å²) in [7, 11) is 0. The van der Waals surface area contributed by atoms with Crippen LogP contribution in [0, 0.1) is 5.92 Å². The van der Waals surface area contributed by atoms with Gasteiger partial charge in [-0.05, 0) is 37.2 Å². The molecule has 1 aromatic carbocycles. The van der Waals surface area contributed by atoms with E-state index in [1.165, 1.54) is 31.2 Å². The molecule has 0 radical (unpaired) electrons. The van der Waals surface area contributed by atoms with Gasteiger partial charge in [0.25, 0.3) is 0 Å². The number of allylic oxidation sites excluding steroid dienone is 2. The van der Waals surface area contributed by atoms with Crippen LogP contribution in [-0.4, -0.2) is 0 Å². The van der Waals surface area contributed by atoms with Gasteiger partial charge in [-0.15, -0.1) is 0 Å². The zero-order chi connectivity index (χ0) is 9.43. The Morgan fingerprint density at radius 2 is 1.71 bits per heavy atom. The molecule has 1 fully saturated rings. The van der Waals surface area contributed by atoms with Crippen molar-refractivity contribution in [2.45, 2.75) is 31.1 Å². The van der Waals surface area contributed by atoms with Gasteiger partial charge in [0.1, 0.15) is 0 Å². The van der Waals surface area contributed by atoms with Crippen molar-refractivity contribution in [1.29, 1.82) is 0 Å². The third-order valence-corrected chi connectivity index (χ3v) is 3.96. The lowest BCUT2D eigenvalue weighted by molar-refractivity contribution is 0.282. The molecule has 0 heteroatoms. The van der Waals surface area contributed by atoms with E-state index in [0.717, 1.165) is 5.92 Å². The molecule has 2 bridgehead atoms. The third-order valence-electron chi connectivity index (χ3n) is 3.96. The van der Waals surface area contributed by atoms with Crippen LogP contribution in [0.3, 0.4) is 0 Å². The van der Waals surface area contributed by atoms with Gasteiger partial charge < -0.3 is 0 Å². The predicted octanol–water partition coefficient (Wildman–Crippen LogP) is 3.68. The fourth-order valence-corrected chi connectivity index (χ4v) is 2.99. The van der Waals surface area contributed by atoms with Crippen LogP contribution in [0.2, 0.25) is 0 Å². The molecular weight excluding hydrogens is 168 g/mol. The van der Waals surface area contributed by atoms with E-state index in [4.69, 9.17) is 0 Å². The van der Waals surface area contributed by atoms with Gasteiger partial charge in [-0.1, -0.05) is 42.5 Å². The topological polar surface area (TPSA) is 0 Å². The maximum atomic E-state index is 2.47. The molecule has 72 valence electrons. The second-order valence-electron chi connectivity index (χ2n) is 4.72. The highest BCUT2D eigenvalue weighted by Crippen LogP contribution is 2.47. The highest BCUT2D eigenvalue weighted by atomic mass is 14.4. The maximum Gasteiger partial charge on any atom is 0.0132 e. The Balaban J connectivity index is 2.04. The molecule has 0 heterocycles. The molecule has 3 aliphatic rings. The fourth-order valence-electron chi connectivity index (χ4n) is 2.99. The van der Waals surface area contributed by atoms with Crippen LogP contribution in [0.1, 0.15) is 31.2 Å². The average molecular weight is 184 g/mol. The minimum atomic E-state index is 0.399. The molecule has 0 saturated heterocycles. The number of benzene rings is 1. The van der Waals surface area contributed by atoms with Crippen molar-refractivity contribution in [2.75, 3.05) is 0 Å². The van der Waals surface area contributed by atoms with E-state index in [0.29, 0.717) is 5.41 Å². The highest BCUT2D eigenvalue weighted by Gasteiger charge is 2.37. The molecule has 0 spiro atoms. The average Bonchev–Trinajstić information content (AvgIpc) is 2.33. The van der Waals surface area contributed by atoms with Crippen molar-refractivity contribution in [1.82, 2.24) is 0 Å². The maximum absolute atomic E-state index is 2.47. The lowest BCUT2D eigenvalue weighted by atomic mass is 9.62. The summed E-state index contributed by atoms with van der Waals surface area (Å²) < 4.78 is 0. The van der Waals surface area contributed by atoms with E-state index in [1.807, 2.05) is 0 Å². The van der Waals surface area contributed by atoms with Crippen LogP contribution in [0.15, 0.2) is 42.5 Å². The Kier molecular flexibility index (Phi) is 1.76. The third kappa shape index (κ3) is 1.13. The number of rotatable bonds is 1. The first-order valence-electron chi connectivity index (χ1n) is 5.64. The zero-order valence-corrected chi connectivity index (χ0v) is 8.45. The summed E-state index contributed by atoms with van der Waals surface area (Å²) >= 11 is 0. The van der Waals surface area contributed by atoms with Crippen molar-refractivity contribution in [3.8, 4) is 0 Å². The molecule has 0 amide bonds. The summed E-state index contributed by atoms with van der Waals surface area (Å²) in [5.41, 5.74) is 1.92. The van der Waals surface area contributed by atoms with Gasteiger partial charge in [-0.3, -0.25) is 0 Å². The standard InChI is InChI=1S/C14H16/c1-2-4-13(5-3-1)14-9-6-12(7-10-14)8-11-14/h1-6,9,12H,7-8,10-11H2. The largest absolute Gasteiger partial charge is 0.0845 e. The van der Waals surface area contributed by atoms with E-state index >= 15 is 0 Å². The van der Waals surface area contributed by atoms with Crippen molar-refractivity contribution in [3.63, 3.8) is 0 Å². The molecule has 14 heavy (non-hydrogen) atoms. The predicted molar refractivity (Wildman–Crippen MR) is 59.2 cm³/mol. The van der Waals surface area contributed by atoms with Gasteiger partial charge in [-0.25, -0.2) is 0 Å². The Hall–Kier alpha value is -1.04. The van der Waals surface area contributed by atoms with Gasteiger partial charge in [0.2, 0.25) is 0 Å². The van der Waals surface area contributed by atoms with Crippen molar-refractivity contribution in [2.24, 2.45) is 5.92 Å². The van der Waals surface area contributed by atoms with Crippen LogP contribution in [0.4, 0.5) is 0 Å². The molecular formula is C14H16. The monoisotopic (exact) mass is 184 g/mol. The Morgan fingerprint density at radius 1 is 1.00 bits per heavy atom. The van der Waals surface area contributed by atoms with Gasteiger partial charge >= 0.3 is 0 Å². The number of fused-ring (bicyclic) bond motifs is 2. The second kappa shape index (κ2) is 2.98. The van der Waals surface area contributed by atoms with Crippen molar-refractivity contribution >= 4 is 0 Å². The lowest BCUT2D eigenvalue weighted by Crippen LogP contribution is -2.33. The number of hydrogen-bond donors (Lipinski definition) is 0. The molecule has 3 aliphatic carbocycles. The number of hydrogen-bond acceptors (Lipinski definition) is 0. The van der Waals surface area contributed by atoms with Gasteiger partial charge in [0.05, 0.1) is 0 Å². The van der Waals surface area contributed by atoms with Crippen LogP contribution < -0.4 is 0 Å². The van der Waals surface area contributed by atoms with E-state index in [2.05, 4.69) is 42.5 Å². The summed E-state index contributed by atoms with van der Waals surface area (Å²) in [6.45, 7) is 0. The summed E-state index contributed by atoms with van der Waals surface area (Å²) in [4.78, 5) is 0. The molecule has 1 saturated carbocycles. The minimum absolute atomic E-state index is 0.399. The summed E-state index contributed by atoms with van der Waals surface area (Å²) in [6, 6.07) is 11.0. The van der Waals surface area contributed by atoms with E-state index in [-0.39, 0.29) is 0 Å². The SMILES string of the molecule is C1=CC2(c3ccccc3)CCC1CC2. The van der Waals surface area contributed by atoms with Crippen molar-refractivity contribution in [3.05, 3.63) is 48.0 Å². The molecule has 0 N–H and O–H groups in total. The first-order chi connectivity index (χ1) is 6.89.